The van der Waals surface area contributed by atoms with Gasteiger partial charge in [-0.2, -0.15) is 0 Å². The molecular weight excluding hydrogens is 248 g/mol. The fourth-order valence-corrected chi connectivity index (χ4v) is 1.27. The van der Waals surface area contributed by atoms with E-state index in [0.29, 0.717) is 6.07 Å². The Labute approximate surface area is 98.4 Å². The summed E-state index contributed by atoms with van der Waals surface area (Å²) in [5, 5.41) is 29.6. The van der Waals surface area contributed by atoms with E-state index in [9.17, 15) is 29.5 Å². The number of carboxylic acids is 1. The highest BCUT2D eigenvalue weighted by molar-refractivity contribution is 6.08. The number of phenols is 2. The molecule has 0 heterocycles. The Morgan fingerprint density at radius 3 is 2.00 bits per heavy atom. The van der Waals surface area contributed by atoms with Crippen molar-refractivity contribution in [2.45, 2.75) is 0 Å². The first kappa shape index (κ1) is 13.1. The molecule has 2 amide bonds. The SMILES string of the molecule is NC(=O)c1cc(C(=O)N=O)c(O)c(C(=O)O)c1O. The Kier molecular flexibility index (Phi) is 3.27. The zero-order valence-electron chi connectivity index (χ0n) is 8.58. The lowest BCUT2D eigenvalue weighted by Gasteiger charge is -2.09. The van der Waals surface area contributed by atoms with Crippen LogP contribution in [0.25, 0.3) is 0 Å². The van der Waals surface area contributed by atoms with Crippen molar-refractivity contribution in [3.63, 3.8) is 0 Å². The minimum atomic E-state index is -1.81. The normalized spacial score (nSPS) is 9.78. The summed E-state index contributed by atoms with van der Waals surface area (Å²) in [6.45, 7) is 0. The summed E-state index contributed by atoms with van der Waals surface area (Å²) in [7, 11) is 0. The van der Waals surface area contributed by atoms with Crippen molar-refractivity contribution < 1.29 is 29.7 Å². The lowest BCUT2D eigenvalue weighted by molar-refractivity contribution is 0.0690. The van der Waals surface area contributed by atoms with Crippen molar-refractivity contribution in [2.75, 3.05) is 0 Å². The highest BCUT2D eigenvalue weighted by Crippen LogP contribution is 2.34. The number of aromatic hydroxyl groups is 2. The van der Waals surface area contributed by atoms with Gasteiger partial charge in [0.1, 0.15) is 17.1 Å². The summed E-state index contributed by atoms with van der Waals surface area (Å²) in [4.78, 5) is 42.8. The van der Waals surface area contributed by atoms with Crippen LogP contribution >= 0.6 is 0 Å². The molecule has 5 N–H and O–H groups in total. The molecule has 9 nitrogen and oxygen atoms in total. The van der Waals surface area contributed by atoms with Crippen LogP contribution in [0.3, 0.4) is 0 Å². The van der Waals surface area contributed by atoms with Gasteiger partial charge in [-0.15, -0.1) is 4.91 Å². The van der Waals surface area contributed by atoms with Crippen molar-refractivity contribution >= 4 is 17.8 Å². The fraction of sp³-hybridized carbons (Fsp3) is 0. The molecule has 1 aromatic rings. The topological polar surface area (TPSA) is 167 Å². The van der Waals surface area contributed by atoms with E-state index >= 15 is 0 Å². The summed E-state index contributed by atoms with van der Waals surface area (Å²) in [5.41, 5.74) is 2.17. The number of primary amides is 1. The van der Waals surface area contributed by atoms with Gasteiger partial charge in [-0.05, 0) is 6.07 Å². The molecule has 0 aromatic heterocycles. The number of nitroso groups, excluding NO2 is 1. The molecule has 0 unspecified atom stereocenters. The molecule has 1 aromatic carbocycles. The summed E-state index contributed by atoms with van der Waals surface area (Å²) in [5.74, 6) is -6.83. The Balaban J connectivity index is 3.77. The van der Waals surface area contributed by atoms with Gasteiger partial charge in [-0.25, -0.2) is 4.79 Å². The number of carbonyl (C=O) groups excluding carboxylic acids is 2. The first-order valence-corrected chi connectivity index (χ1v) is 4.31. The molecule has 1 rings (SSSR count). The first-order chi connectivity index (χ1) is 8.31. The van der Waals surface area contributed by atoms with E-state index in [-0.39, 0.29) is 0 Å². The second-order valence-electron chi connectivity index (χ2n) is 3.11. The van der Waals surface area contributed by atoms with Gasteiger partial charge in [-0.1, -0.05) is 0 Å². The van der Waals surface area contributed by atoms with Crippen molar-refractivity contribution in [2.24, 2.45) is 10.9 Å². The Morgan fingerprint density at radius 2 is 1.61 bits per heavy atom. The summed E-state index contributed by atoms with van der Waals surface area (Å²) >= 11 is 0. The van der Waals surface area contributed by atoms with Gasteiger partial charge < -0.3 is 21.1 Å². The van der Waals surface area contributed by atoms with Crippen LogP contribution < -0.4 is 5.73 Å². The Bertz CT molecular complexity index is 579. The van der Waals surface area contributed by atoms with Crippen LogP contribution in [0.4, 0.5) is 0 Å². The Hall–Kier alpha value is -2.97. The number of rotatable bonds is 3. The maximum atomic E-state index is 11.0. The molecule has 9 heteroatoms. The van der Waals surface area contributed by atoms with Crippen molar-refractivity contribution in [3.05, 3.63) is 27.7 Å². The first-order valence-electron chi connectivity index (χ1n) is 4.31. The van der Waals surface area contributed by atoms with Gasteiger partial charge in [-0.3, -0.25) is 9.59 Å². The van der Waals surface area contributed by atoms with Crippen LogP contribution in [-0.2, 0) is 0 Å². The van der Waals surface area contributed by atoms with Crippen LogP contribution in [0.5, 0.6) is 11.5 Å². The smallest absolute Gasteiger partial charge is 0.343 e. The second-order valence-corrected chi connectivity index (χ2v) is 3.11. The zero-order chi connectivity index (χ0) is 14.0. The monoisotopic (exact) mass is 254 g/mol. The molecule has 94 valence electrons. The molecule has 0 atom stereocenters. The quantitative estimate of drug-likeness (QED) is 0.541. The van der Waals surface area contributed by atoms with E-state index in [1.54, 1.807) is 0 Å². The number of aromatic carboxylic acids is 1. The van der Waals surface area contributed by atoms with E-state index in [1.807, 2.05) is 5.18 Å². The molecule has 0 bridgehead atoms. The molecule has 0 aliphatic heterocycles. The zero-order valence-corrected chi connectivity index (χ0v) is 8.58. The third-order valence-corrected chi connectivity index (χ3v) is 2.07. The summed E-state index contributed by atoms with van der Waals surface area (Å²) in [6, 6.07) is 0.586. The Morgan fingerprint density at radius 1 is 1.11 bits per heavy atom. The number of amides is 2. The number of carbonyl (C=O) groups is 3. The van der Waals surface area contributed by atoms with E-state index in [2.05, 4.69) is 0 Å². The average molecular weight is 254 g/mol. The number of carboxylic acid groups (broad SMARTS) is 1. The van der Waals surface area contributed by atoms with Crippen molar-refractivity contribution in [3.8, 4) is 11.5 Å². The van der Waals surface area contributed by atoms with E-state index in [4.69, 9.17) is 10.8 Å². The standard InChI is InChI=1S/C9H6N2O7/c10-7(14)2-1-3(8(15)11-18)6(13)4(5(2)12)9(16)17/h1,12-13H,(H2,10,14)(H,16,17). The molecule has 0 spiro atoms. The van der Waals surface area contributed by atoms with Gasteiger partial charge in [0.15, 0.2) is 0 Å². The summed E-state index contributed by atoms with van der Waals surface area (Å²) in [6.07, 6.45) is 0. The number of nitrogens with two attached hydrogens (primary N) is 1. The highest BCUT2D eigenvalue weighted by Gasteiger charge is 2.27. The van der Waals surface area contributed by atoms with Crippen LogP contribution in [0.15, 0.2) is 11.2 Å². The number of hydrogen-bond donors (Lipinski definition) is 4. The molecule has 18 heavy (non-hydrogen) atoms. The maximum Gasteiger partial charge on any atom is 0.343 e. The lowest BCUT2D eigenvalue weighted by Crippen LogP contribution is -2.15. The molecule has 0 fully saturated rings. The molecule has 0 radical (unpaired) electrons. The lowest BCUT2D eigenvalue weighted by atomic mass is 10.0. The highest BCUT2D eigenvalue weighted by atomic mass is 16.4. The van der Waals surface area contributed by atoms with Gasteiger partial charge in [0.2, 0.25) is 0 Å². The van der Waals surface area contributed by atoms with Crippen LogP contribution in [-0.4, -0.2) is 33.1 Å². The molecule has 0 saturated heterocycles. The van der Waals surface area contributed by atoms with Gasteiger partial charge in [0.05, 0.1) is 11.1 Å². The van der Waals surface area contributed by atoms with Crippen molar-refractivity contribution in [1.82, 2.24) is 0 Å². The average Bonchev–Trinajstić information content (AvgIpc) is 2.27. The third-order valence-electron chi connectivity index (χ3n) is 2.07. The predicted octanol–water partition coefficient (Wildman–Crippen LogP) is -0.199. The van der Waals surface area contributed by atoms with Crippen LogP contribution in [0, 0.1) is 4.91 Å². The van der Waals surface area contributed by atoms with E-state index in [1.165, 1.54) is 0 Å². The third kappa shape index (κ3) is 1.96. The van der Waals surface area contributed by atoms with Crippen LogP contribution in [0.1, 0.15) is 31.1 Å². The minimum Gasteiger partial charge on any atom is -0.506 e. The van der Waals surface area contributed by atoms with Gasteiger partial charge >= 0.3 is 11.9 Å². The maximum absolute atomic E-state index is 11.0. The molecule has 0 aliphatic carbocycles. The number of hydrogen-bond acceptors (Lipinski definition) is 6. The van der Waals surface area contributed by atoms with Crippen LogP contribution in [0.2, 0.25) is 0 Å². The minimum absolute atomic E-state index is 0.586. The summed E-state index contributed by atoms with van der Waals surface area (Å²) < 4.78 is 0. The van der Waals surface area contributed by atoms with Gasteiger partial charge in [0.25, 0.3) is 5.91 Å². The molecule has 0 saturated carbocycles. The van der Waals surface area contributed by atoms with E-state index < -0.39 is 46.0 Å². The number of nitrogens with zero attached hydrogens (tertiary/aromatic N) is 1. The largest absolute Gasteiger partial charge is 0.506 e. The molecular formula is C9H6N2O7. The van der Waals surface area contributed by atoms with E-state index in [0.717, 1.165) is 0 Å². The van der Waals surface area contributed by atoms with Crippen molar-refractivity contribution in [1.29, 1.82) is 0 Å². The second kappa shape index (κ2) is 4.49. The number of benzene rings is 1. The fourth-order valence-electron chi connectivity index (χ4n) is 1.27. The van der Waals surface area contributed by atoms with Gasteiger partial charge in [0, 0.05) is 5.18 Å². The predicted molar refractivity (Wildman–Crippen MR) is 55.4 cm³/mol. The molecule has 0 aliphatic rings.